The molecule has 0 aromatic carbocycles. The smallest absolute Gasteiger partial charge is 0.308 e. The van der Waals surface area contributed by atoms with Gasteiger partial charge < -0.3 is 9.47 Å². The molecule has 0 aliphatic rings. The number of hydrogen-bond acceptors (Lipinski definition) is 4. The Morgan fingerprint density at radius 3 is 2.24 bits per heavy atom. The normalized spacial score (nSPS) is 13.9. The number of hydrogen-bond donors (Lipinski definition) is 0. The molecular formula is C13H23NO3. The minimum absolute atomic E-state index is 0.235. The van der Waals surface area contributed by atoms with Crippen LogP contribution in [0.1, 0.15) is 54.4 Å². The fraction of sp³-hybridized carbons (Fsp3) is 0.846. The monoisotopic (exact) mass is 241 g/mol. The third kappa shape index (κ3) is 8.70. The van der Waals surface area contributed by atoms with Crippen LogP contribution in [0, 0.1) is 16.7 Å². The zero-order valence-electron chi connectivity index (χ0n) is 11.7. The highest BCUT2D eigenvalue weighted by atomic mass is 16.7. The van der Waals surface area contributed by atoms with E-state index in [-0.39, 0.29) is 18.0 Å². The first-order valence-electron chi connectivity index (χ1n) is 5.84. The van der Waals surface area contributed by atoms with E-state index >= 15 is 0 Å². The zero-order chi connectivity index (χ0) is 13.7. The molecule has 1 unspecified atom stereocenters. The minimum atomic E-state index is -0.562. The summed E-state index contributed by atoms with van der Waals surface area (Å²) >= 11 is 0. The van der Waals surface area contributed by atoms with E-state index in [9.17, 15) is 4.79 Å². The van der Waals surface area contributed by atoms with Crippen molar-refractivity contribution in [2.45, 2.75) is 66.3 Å². The molecule has 0 N–H and O–H groups in total. The largest absolute Gasteiger partial charge is 0.436 e. The van der Waals surface area contributed by atoms with Crippen molar-refractivity contribution in [3.8, 4) is 6.07 Å². The van der Waals surface area contributed by atoms with E-state index in [4.69, 9.17) is 14.7 Å². The van der Waals surface area contributed by atoms with Crippen molar-refractivity contribution in [2.75, 3.05) is 0 Å². The quantitative estimate of drug-likeness (QED) is 0.548. The highest BCUT2D eigenvalue weighted by Crippen LogP contribution is 2.21. The van der Waals surface area contributed by atoms with Crippen LogP contribution in [0.4, 0.5) is 0 Å². The Bertz CT molecular complexity index is 297. The highest BCUT2D eigenvalue weighted by Gasteiger charge is 2.21. The first kappa shape index (κ1) is 15.9. The molecule has 0 aromatic heterocycles. The maximum Gasteiger partial charge on any atom is 0.308 e. The lowest BCUT2D eigenvalue weighted by Gasteiger charge is -2.25. The fourth-order valence-electron chi connectivity index (χ4n) is 1.24. The van der Waals surface area contributed by atoms with Gasteiger partial charge in [-0.1, -0.05) is 0 Å². The first-order chi connectivity index (χ1) is 7.56. The average molecular weight is 241 g/mol. The lowest BCUT2D eigenvalue weighted by molar-refractivity contribution is -0.197. The molecule has 4 nitrogen and oxygen atoms in total. The number of rotatable bonds is 5. The van der Waals surface area contributed by atoms with Crippen molar-refractivity contribution < 1.29 is 14.3 Å². The Morgan fingerprint density at radius 2 is 1.82 bits per heavy atom. The lowest BCUT2D eigenvalue weighted by Crippen LogP contribution is -2.29. The number of ether oxygens (including phenoxy) is 2. The highest BCUT2D eigenvalue weighted by molar-refractivity contribution is 5.69. The van der Waals surface area contributed by atoms with Crippen LogP contribution in [-0.2, 0) is 14.3 Å². The summed E-state index contributed by atoms with van der Waals surface area (Å²) in [5.41, 5.74) is -0.835. The number of esters is 1. The molecule has 0 amide bonds. The minimum Gasteiger partial charge on any atom is -0.436 e. The summed E-state index contributed by atoms with van der Waals surface area (Å²) in [5, 5.41) is 8.81. The molecule has 0 saturated carbocycles. The summed E-state index contributed by atoms with van der Waals surface area (Å²) in [4.78, 5) is 11.5. The van der Waals surface area contributed by atoms with Crippen LogP contribution in [0.15, 0.2) is 0 Å². The molecule has 0 rings (SSSR count). The Balaban J connectivity index is 4.00. The van der Waals surface area contributed by atoms with Gasteiger partial charge >= 0.3 is 5.97 Å². The second-order valence-corrected chi connectivity index (χ2v) is 5.78. The van der Waals surface area contributed by atoms with E-state index in [1.54, 1.807) is 20.8 Å². The van der Waals surface area contributed by atoms with Crippen molar-refractivity contribution >= 4 is 5.97 Å². The summed E-state index contributed by atoms with van der Waals surface area (Å²) in [6, 6.07) is 2.15. The van der Waals surface area contributed by atoms with E-state index in [0.29, 0.717) is 6.42 Å². The van der Waals surface area contributed by atoms with Gasteiger partial charge in [0.25, 0.3) is 0 Å². The number of carbonyl (C=O) groups is 1. The van der Waals surface area contributed by atoms with Crippen molar-refractivity contribution in [1.29, 1.82) is 5.26 Å². The summed E-state index contributed by atoms with van der Waals surface area (Å²) in [7, 11) is 0. The average Bonchev–Trinajstić information content (AvgIpc) is 2.12. The maximum atomic E-state index is 11.5. The third-order valence-electron chi connectivity index (χ3n) is 2.07. The van der Waals surface area contributed by atoms with E-state index in [0.717, 1.165) is 0 Å². The van der Waals surface area contributed by atoms with Crippen molar-refractivity contribution in [3.05, 3.63) is 0 Å². The Labute approximate surface area is 104 Å². The van der Waals surface area contributed by atoms with Crippen LogP contribution in [-0.4, -0.2) is 17.9 Å². The molecule has 0 radical (unpaired) electrons. The molecule has 0 saturated heterocycles. The topological polar surface area (TPSA) is 59.3 Å². The summed E-state index contributed by atoms with van der Waals surface area (Å²) in [6.45, 7) is 11.0. The van der Waals surface area contributed by atoms with Gasteiger partial charge in [0.2, 0.25) is 6.29 Å². The zero-order valence-corrected chi connectivity index (χ0v) is 11.7. The van der Waals surface area contributed by atoms with Crippen molar-refractivity contribution in [3.63, 3.8) is 0 Å². The van der Waals surface area contributed by atoms with E-state index in [1.807, 2.05) is 20.8 Å². The van der Waals surface area contributed by atoms with Crippen LogP contribution < -0.4 is 0 Å². The summed E-state index contributed by atoms with van der Waals surface area (Å²) < 4.78 is 10.6. The lowest BCUT2D eigenvalue weighted by atomic mass is 9.90. The predicted octanol–water partition coefficient (Wildman–Crippen LogP) is 3.02. The molecule has 0 aromatic rings. The summed E-state index contributed by atoms with van der Waals surface area (Å²) in [5.74, 6) is -0.329. The van der Waals surface area contributed by atoms with Crippen LogP contribution in [0.5, 0.6) is 0 Å². The molecule has 17 heavy (non-hydrogen) atoms. The van der Waals surface area contributed by atoms with E-state index in [2.05, 4.69) is 6.07 Å². The van der Waals surface area contributed by atoms with Gasteiger partial charge in [-0.25, -0.2) is 0 Å². The van der Waals surface area contributed by atoms with Crippen LogP contribution >= 0.6 is 0 Å². The number of carbonyl (C=O) groups excluding carboxylic acids is 1. The maximum absolute atomic E-state index is 11.5. The molecule has 0 aliphatic carbocycles. The Kier molecular flexibility index (Phi) is 5.63. The number of nitrogens with zero attached hydrogens (tertiary/aromatic N) is 1. The van der Waals surface area contributed by atoms with Gasteiger partial charge in [-0.3, -0.25) is 4.79 Å². The Morgan fingerprint density at radius 1 is 1.29 bits per heavy atom. The molecule has 0 fully saturated rings. The van der Waals surface area contributed by atoms with Crippen molar-refractivity contribution in [2.24, 2.45) is 5.41 Å². The van der Waals surface area contributed by atoms with Gasteiger partial charge in [0.15, 0.2) is 0 Å². The second-order valence-electron chi connectivity index (χ2n) is 5.78. The molecular weight excluding hydrogens is 218 g/mol. The molecule has 98 valence electrons. The molecule has 0 heterocycles. The SMILES string of the molecule is CC(OC(=O)CCC(C)(C)C#N)OC(C)(C)C. The van der Waals surface area contributed by atoms with Crippen LogP contribution in [0.2, 0.25) is 0 Å². The fourth-order valence-corrected chi connectivity index (χ4v) is 1.24. The standard InChI is InChI=1S/C13H23NO3/c1-10(17-12(2,3)4)16-11(15)7-8-13(5,6)9-14/h10H,7-8H2,1-6H3. The van der Waals surface area contributed by atoms with Gasteiger partial charge in [0.05, 0.1) is 17.1 Å². The second kappa shape index (κ2) is 6.02. The Hall–Kier alpha value is -1.08. The molecule has 4 heteroatoms. The third-order valence-corrected chi connectivity index (χ3v) is 2.07. The van der Waals surface area contributed by atoms with Gasteiger partial charge in [0, 0.05) is 6.42 Å². The molecule has 1 atom stereocenters. The van der Waals surface area contributed by atoms with Crippen LogP contribution in [0.3, 0.4) is 0 Å². The van der Waals surface area contributed by atoms with Gasteiger partial charge in [-0.15, -0.1) is 0 Å². The van der Waals surface area contributed by atoms with E-state index < -0.39 is 11.7 Å². The predicted molar refractivity (Wildman–Crippen MR) is 65.0 cm³/mol. The first-order valence-corrected chi connectivity index (χ1v) is 5.84. The van der Waals surface area contributed by atoms with Gasteiger partial charge in [0.1, 0.15) is 0 Å². The summed E-state index contributed by atoms with van der Waals surface area (Å²) in [6.07, 6.45) is 0.163. The van der Waals surface area contributed by atoms with Crippen LogP contribution in [0.25, 0.3) is 0 Å². The molecule has 0 spiro atoms. The molecule has 0 aliphatic heterocycles. The molecule has 0 bridgehead atoms. The van der Waals surface area contributed by atoms with Gasteiger partial charge in [-0.05, 0) is 48.0 Å². The number of nitriles is 1. The van der Waals surface area contributed by atoms with Gasteiger partial charge in [-0.2, -0.15) is 5.26 Å². The van der Waals surface area contributed by atoms with E-state index in [1.165, 1.54) is 0 Å². The van der Waals surface area contributed by atoms with Crippen molar-refractivity contribution in [1.82, 2.24) is 0 Å².